The van der Waals surface area contributed by atoms with E-state index in [1.54, 1.807) is 0 Å². The van der Waals surface area contributed by atoms with Gasteiger partial charge in [0.15, 0.2) is 0 Å². The summed E-state index contributed by atoms with van der Waals surface area (Å²) >= 11 is 0. The molecule has 0 aromatic carbocycles. The first-order chi connectivity index (χ1) is 8.32. The summed E-state index contributed by atoms with van der Waals surface area (Å²) in [6.45, 7) is 14.4. The van der Waals surface area contributed by atoms with Crippen LogP contribution in [-0.2, 0) is 4.74 Å². The Morgan fingerprint density at radius 3 is 2.50 bits per heavy atom. The predicted octanol–water partition coefficient (Wildman–Crippen LogP) is 5.13. The molecule has 1 aliphatic heterocycles. The van der Waals surface area contributed by atoms with E-state index >= 15 is 0 Å². The van der Waals surface area contributed by atoms with Crippen LogP contribution in [-0.4, -0.2) is 12.7 Å². The molecule has 0 fully saturated rings. The van der Waals surface area contributed by atoms with Crippen molar-refractivity contribution in [3.05, 3.63) is 23.3 Å². The van der Waals surface area contributed by atoms with Crippen molar-refractivity contribution in [1.82, 2.24) is 0 Å². The van der Waals surface area contributed by atoms with Crippen molar-refractivity contribution in [3.8, 4) is 0 Å². The highest BCUT2D eigenvalue weighted by Gasteiger charge is 2.18. The van der Waals surface area contributed by atoms with Crippen molar-refractivity contribution in [1.29, 1.82) is 0 Å². The maximum absolute atomic E-state index is 5.95. The Kier molecular flexibility index (Phi) is 5.65. The Balaban J connectivity index is 2.82. The van der Waals surface area contributed by atoms with Gasteiger partial charge in [-0.3, -0.25) is 0 Å². The van der Waals surface area contributed by atoms with Gasteiger partial charge in [0.05, 0.1) is 12.7 Å². The highest BCUT2D eigenvalue weighted by atomic mass is 16.5. The van der Waals surface area contributed by atoms with E-state index in [2.05, 4.69) is 53.7 Å². The minimum Gasteiger partial charge on any atom is -0.374 e. The van der Waals surface area contributed by atoms with Crippen LogP contribution in [0.4, 0.5) is 0 Å². The van der Waals surface area contributed by atoms with E-state index in [-0.39, 0.29) is 0 Å². The molecule has 104 valence electrons. The lowest BCUT2D eigenvalue weighted by Gasteiger charge is -2.25. The van der Waals surface area contributed by atoms with Crippen LogP contribution in [0.5, 0.6) is 0 Å². The molecule has 0 aromatic heterocycles. The second kappa shape index (κ2) is 6.56. The number of rotatable bonds is 0. The van der Waals surface area contributed by atoms with E-state index in [4.69, 9.17) is 4.74 Å². The minimum atomic E-state index is 0.298. The van der Waals surface area contributed by atoms with E-state index in [0.717, 1.165) is 13.0 Å². The molecule has 1 nitrogen and oxygen atoms in total. The first-order valence-electron chi connectivity index (χ1n) is 7.25. The van der Waals surface area contributed by atoms with Crippen molar-refractivity contribution < 1.29 is 4.74 Å². The van der Waals surface area contributed by atoms with Crippen LogP contribution < -0.4 is 0 Å². The maximum Gasteiger partial charge on any atom is 0.0680 e. The zero-order valence-corrected chi connectivity index (χ0v) is 13.0. The molecule has 0 amide bonds. The van der Waals surface area contributed by atoms with Crippen molar-refractivity contribution in [3.63, 3.8) is 0 Å². The lowest BCUT2D eigenvalue weighted by Crippen LogP contribution is -2.19. The molecule has 0 saturated heterocycles. The molecule has 0 aliphatic carbocycles. The van der Waals surface area contributed by atoms with Gasteiger partial charge < -0.3 is 4.74 Å². The van der Waals surface area contributed by atoms with Crippen LogP contribution in [0.25, 0.3) is 0 Å². The third-order valence-corrected chi connectivity index (χ3v) is 4.32. The smallest absolute Gasteiger partial charge is 0.0680 e. The third kappa shape index (κ3) is 4.97. The van der Waals surface area contributed by atoms with Crippen LogP contribution in [0, 0.1) is 11.3 Å². The van der Waals surface area contributed by atoms with Gasteiger partial charge in [0.25, 0.3) is 0 Å². The summed E-state index contributed by atoms with van der Waals surface area (Å²) in [5.74, 6) is 0.494. The molecule has 0 spiro atoms. The third-order valence-electron chi connectivity index (χ3n) is 4.32. The quantitative estimate of drug-likeness (QED) is 0.541. The van der Waals surface area contributed by atoms with Crippen molar-refractivity contribution in [2.45, 2.75) is 66.9 Å². The van der Waals surface area contributed by atoms with Gasteiger partial charge in [-0.1, -0.05) is 38.5 Å². The summed E-state index contributed by atoms with van der Waals surface area (Å²) in [4.78, 5) is 0. The summed E-state index contributed by atoms with van der Waals surface area (Å²) < 4.78 is 5.95. The molecule has 0 radical (unpaired) electrons. The van der Waals surface area contributed by atoms with Gasteiger partial charge in [-0.25, -0.2) is 0 Å². The average molecular weight is 250 g/mol. The van der Waals surface area contributed by atoms with Crippen molar-refractivity contribution >= 4 is 0 Å². The number of hydrogen-bond donors (Lipinski definition) is 0. The second-order valence-corrected chi connectivity index (χ2v) is 6.73. The highest BCUT2D eigenvalue weighted by molar-refractivity contribution is 5.11. The standard InChI is InChI=1S/C17H30O/c1-13-9-11-17(5,6)10-7-8-14(2)16(4)18-12-15(13)3/h7-8,14,16H,9-12H2,1-6H3/b8-7+,15-13-. The fourth-order valence-corrected chi connectivity index (χ4v) is 2.13. The fraction of sp³-hybridized carbons (Fsp3) is 0.765. The Morgan fingerprint density at radius 1 is 1.17 bits per heavy atom. The second-order valence-electron chi connectivity index (χ2n) is 6.73. The lowest BCUT2D eigenvalue weighted by atomic mass is 9.82. The van der Waals surface area contributed by atoms with E-state index < -0.39 is 0 Å². The zero-order chi connectivity index (χ0) is 13.8. The van der Waals surface area contributed by atoms with E-state index in [1.165, 1.54) is 24.0 Å². The maximum atomic E-state index is 5.95. The summed E-state index contributed by atoms with van der Waals surface area (Å²) in [5, 5.41) is 0. The molecule has 2 atom stereocenters. The van der Waals surface area contributed by atoms with Gasteiger partial charge in [-0.05, 0) is 56.9 Å². The predicted molar refractivity (Wildman–Crippen MR) is 79.7 cm³/mol. The Morgan fingerprint density at radius 2 is 1.83 bits per heavy atom. The van der Waals surface area contributed by atoms with Crippen molar-refractivity contribution in [2.75, 3.05) is 6.61 Å². The highest BCUT2D eigenvalue weighted by Crippen LogP contribution is 2.30. The average Bonchev–Trinajstić information content (AvgIpc) is 2.31. The van der Waals surface area contributed by atoms with Gasteiger partial charge in [0, 0.05) is 0 Å². The molecular weight excluding hydrogens is 220 g/mol. The summed E-state index contributed by atoms with van der Waals surface area (Å²) in [6.07, 6.45) is 8.57. The van der Waals surface area contributed by atoms with Gasteiger partial charge in [0.2, 0.25) is 0 Å². The number of ether oxygens (including phenoxy) is 1. The molecule has 1 rings (SSSR count). The number of allylic oxidation sites excluding steroid dienone is 2. The Hall–Kier alpha value is -0.560. The Bertz CT molecular complexity index is 323. The zero-order valence-electron chi connectivity index (χ0n) is 13.0. The summed E-state index contributed by atoms with van der Waals surface area (Å²) in [5.41, 5.74) is 3.32. The normalized spacial score (nSPS) is 36.6. The molecule has 2 unspecified atom stereocenters. The summed E-state index contributed by atoms with van der Waals surface area (Å²) in [6, 6.07) is 0. The van der Waals surface area contributed by atoms with E-state index in [9.17, 15) is 0 Å². The van der Waals surface area contributed by atoms with E-state index in [0.29, 0.717) is 17.4 Å². The van der Waals surface area contributed by atoms with Crippen LogP contribution in [0.2, 0.25) is 0 Å². The monoisotopic (exact) mass is 250 g/mol. The Labute approximate surface area is 113 Å². The topological polar surface area (TPSA) is 9.23 Å². The first-order valence-corrected chi connectivity index (χ1v) is 7.25. The van der Waals surface area contributed by atoms with Crippen molar-refractivity contribution in [2.24, 2.45) is 11.3 Å². The van der Waals surface area contributed by atoms with Gasteiger partial charge in [0.1, 0.15) is 0 Å². The molecular formula is C17H30O. The largest absolute Gasteiger partial charge is 0.374 e. The molecule has 1 heteroatoms. The molecule has 0 bridgehead atoms. The SMILES string of the molecule is C/C1=C(\C)COC(C)C(C)/C=C/CC(C)(C)CC1. The molecule has 1 heterocycles. The number of hydrogen-bond acceptors (Lipinski definition) is 1. The molecule has 1 aliphatic rings. The van der Waals surface area contributed by atoms with Crippen LogP contribution in [0.15, 0.2) is 23.3 Å². The molecule has 18 heavy (non-hydrogen) atoms. The summed E-state index contributed by atoms with van der Waals surface area (Å²) in [7, 11) is 0. The van der Waals surface area contributed by atoms with Gasteiger partial charge >= 0.3 is 0 Å². The van der Waals surface area contributed by atoms with Crippen LogP contribution >= 0.6 is 0 Å². The fourth-order valence-electron chi connectivity index (χ4n) is 2.13. The van der Waals surface area contributed by atoms with Gasteiger partial charge in [-0.15, -0.1) is 0 Å². The van der Waals surface area contributed by atoms with Crippen LogP contribution in [0.3, 0.4) is 0 Å². The van der Waals surface area contributed by atoms with Gasteiger partial charge in [-0.2, -0.15) is 0 Å². The van der Waals surface area contributed by atoms with Crippen LogP contribution in [0.1, 0.15) is 60.8 Å². The lowest BCUT2D eigenvalue weighted by molar-refractivity contribution is 0.0579. The first kappa shape index (κ1) is 15.5. The molecule has 0 aromatic rings. The molecule has 0 N–H and O–H groups in total. The minimum absolute atomic E-state index is 0.298. The molecule has 0 saturated carbocycles. The van der Waals surface area contributed by atoms with E-state index in [1.807, 2.05) is 0 Å².